The van der Waals surface area contributed by atoms with E-state index in [-0.39, 0.29) is 17.2 Å². The predicted octanol–water partition coefficient (Wildman–Crippen LogP) is 2.51. The number of nitriles is 1. The first-order chi connectivity index (χ1) is 10.1. The number of rotatable bonds is 3. The van der Waals surface area contributed by atoms with Crippen LogP contribution in [-0.4, -0.2) is 28.8 Å². The first-order valence-electron chi connectivity index (χ1n) is 6.77. The van der Waals surface area contributed by atoms with Gasteiger partial charge in [-0.3, -0.25) is 14.9 Å². The molecule has 1 heterocycles. The molecule has 0 aliphatic carbocycles. The number of hydrogen-bond acceptors (Lipinski definition) is 4. The zero-order chi connectivity index (χ0) is 15.2. The lowest BCUT2D eigenvalue weighted by Gasteiger charge is -2.26. The summed E-state index contributed by atoms with van der Waals surface area (Å²) in [6.45, 7) is 1.32. The number of nitrogens with zero attached hydrogens (tertiary/aromatic N) is 3. The number of nitro groups is 1. The summed E-state index contributed by atoms with van der Waals surface area (Å²) in [4.78, 5) is 24.1. The molecule has 0 spiro atoms. The standard InChI is InChI=1S/C15H15N3O3/c16-11-13(15(19)17-7-2-1-3-8-17)9-12-5-4-6-14(10-12)18(20)21/h4-6,9-10H,1-3,7-8H2/b13-9+. The third-order valence-corrected chi connectivity index (χ3v) is 3.39. The van der Waals surface area contributed by atoms with Gasteiger partial charge in [-0.15, -0.1) is 0 Å². The van der Waals surface area contributed by atoms with Gasteiger partial charge in [-0.05, 0) is 30.9 Å². The number of carbonyl (C=O) groups excluding carboxylic acids is 1. The highest BCUT2D eigenvalue weighted by Crippen LogP contribution is 2.18. The fourth-order valence-corrected chi connectivity index (χ4v) is 2.30. The van der Waals surface area contributed by atoms with Crippen molar-refractivity contribution in [1.82, 2.24) is 4.90 Å². The molecule has 1 aromatic carbocycles. The largest absolute Gasteiger partial charge is 0.338 e. The van der Waals surface area contributed by atoms with Gasteiger partial charge in [0.1, 0.15) is 11.6 Å². The molecule has 6 nitrogen and oxygen atoms in total. The van der Waals surface area contributed by atoms with Crippen LogP contribution in [0, 0.1) is 21.4 Å². The summed E-state index contributed by atoms with van der Waals surface area (Å²) in [5.74, 6) is -0.302. The Kier molecular flexibility index (Phi) is 4.67. The van der Waals surface area contributed by atoms with Crippen LogP contribution in [0.2, 0.25) is 0 Å². The third-order valence-electron chi connectivity index (χ3n) is 3.39. The van der Waals surface area contributed by atoms with Crippen LogP contribution in [0.25, 0.3) is 6.08 Å². The van der Waals surface area contributed by atoms with Crippen LogP contribution >= 0.6 is 0 Å². The Morgan fingerprint density at radius 3 is 2.67 bits per heavy atom. The molecule has 6 heteroatoms. The van der Waals surface area contributed by atoms with Crippen LogP contribution < -0.4 is 0 Å². The summed E-state index contributed by atoms with van der Waals surface area (Å²) < 4.78 is 0. The Bertz CT molecular complexity index is 625. The van der Waals surface area contributed by atoms with Crippen molar-refractivity contribution in [2.75, 3.05) is 13.1 Å². The van der Waals surface area contributed by atoms with Crippen LogP contribution in [0.3, 0.4) is 0 Å². The molecule has 0 bridgehead atoms. The van der Waals surface area contributed by atoms with E-state index >= 15 is 0 Å². The van der Waals surface area contributed by atoms with Gasteiger partial charge in [0.2, 0.25) is 0 Å². The lowest BCUT2D eigenvalue weighted by molar-refractivity contribution is -0.384. The van der Waals surface area contributed by atoms with Gasteiger partial charge in [-0.1, -0.05) is 12.1 Å². The number of amides is 1. The van der Waals surface area contributed by atoms with E-state index < -0.39 is 4.92 Å². The van der Waals surface area contributed by atoms with Crippen molar-refractivity contribution in [2.45, 2.75) is 19.3 Å². The number of nitro benzene ring substituents is 1. The smallest absolute Gasteiger partial charge is 0.270 e. The topological polar surface area (TPSA) is 87.2 Å². The summed E-state index contributed by atoms with van der Waals surface area (Å²) in [5.41, 5.74) is 0.426. The summed E-state index contributed by atoms with van der Waals surface area (Å²) >= 11 is 0. The van der Waals surface area contributed by atoms with Crippen molar-refractivity contribution >= 4 is 17.7 Å². The highest BCUT2D eigenvalue weighted by molar-refractivity contribution is 6.01. The SMILES string of the molecule is N#C/C(=C\c1cccc([N+](=O)[O-])c1)C(=O)N1CCCCC1. The van der Waals surface area contributed by atoms with Crippen molar-refractivity contribution in [2.24, 2.45) is 0 Å². The normalized spacial score (nSPS) is 15.4. The Morgan fingerprint density at radius 1 is 1.33 bits per heavy atom. The van der Waals surface area contributed by atoms with Gasteiger partial charge in [0.15, 0.2) is 0 Å². The van der Waals surface area contributed by atoms with E-state index in [0.29, 0.717) is 18.7 Å². The molecule has 0 radical (unpaired) electrons. The second-order valence-electron chi connectivity index (χ2n) is 4.87. The fraction of sp³-hybridized carbons (Fsp3) is 0.333. The van der Waals surface area contributed by atoms with Gasteiger partial charge in [0.05, 0.1) is 4.92 Å². The molecule has 21 heavy (non-hydrogen) atoms. The average Bonchev–Trinajstić information content (AvgIpc) is 2.53. The minimum Gasteiger partial charge on any atom is -0.338 e. The third kappa shape index (κ3) is 3.66. The number of benzene rings is 1. The number of piperidine rings is 1. The molecule has 1 aliphatic rings. The predicted molar refractivity (Wildman–Crippen MR) is 77.1 cm³/mol. The zero-order valence-corrected chi connectivity index (χ0v) is 11.5. The van der Waals surface area contributed by atoms with E-state index in [4.69, 9.17) is 5.26 Å². The van der Waals surface area contributed by atoms with E-state index in [0.717, 1.165) is 19.3 Å². The van der Waals surface area contributed by atoms with Gasteiger partial charge in [0.25, 0.3) is 11.6 Å². The Balaban J connectivity index is 2.24. The molecule has 2 rings (SSSR count). The monoisotopic (exact) mass is 285 g/mol. The molecule has 0 unspecified atom stereocenters. The molecule has 1 saturated heterocycles. The highest BCUT2D eigenvalue weighted by atomic mass is 16.6. The Labute approximate surface area is 122 Å². The van der Waals surface area contributed by atoms with E-state index in [1.165, 1.54) is 24.3 Å². The van der Waals surface area contributed by atoms with Gasteiger partial charge in [-0.25, -0.2) is 0 Å². The van der Waals surface area contributed by atoms with Crippen LogP contribution in [0.15, 0.2) is 29.8 Å². The van der Waals surface area contributed by atoms with E-state index in [1.54, 1.807) is 11.0 Å². The minimum atomic E-state index is -0.504. The van der Waals surface area contributed by atoms with Gasteiger partial charge < -0.3 is 4.90 Å². The lowest BCUT2D eigenvalue weighted by Crippen LogP contribution is -2.36. The van der Waals surface area contributed by atoms with Gasteiger partial charge >= 0.3 is 0 Å². The van der Waals surface area contributed by atoms with Crippen LogP contribution in [0.5, 0.6) is 0 Å². The molecule has 108 valence electrons. The maximum absolute atomic E-state index is 12.3. The van der Waals surface area contributed by atoms with Crippen molar-refractivity contribution in [3.05, 3.63) is 45.5 Å². The summed E-state index contributed by atoms with van der Waals surface area (Å²) in [7, 11) is 0. The molecule has 0 saturated carbocycles. The van der Waals surface area contributed by atoms with Crippen molar-refractivity contribution in [1.29, 1.82) is 5.26 Å². The first-order valence-corrected chi connectivity index (χ1v) is 6.77. The second-order valence-corrected chi connectivity index (χ2v) is 4.87. The number of carbonyl (C=O) groups is 1. The van der Waals surface area contributed by atoms with Crippen molar-refractivity contribution in [3.8, 4) is 6.07 Å². The molecule has 0 atom stereocenters. The van der Waals surface area contributed by atoms with Crippen LogP contribution in [0.1, 0.15) is 24.8 Å². The summed E-state index contributed by atoms with van der Waals surface area (Å²) in [5, 5.41) is 19.9. The maximum Gasteiger partial charge on any atom is 0.270 e. The maximum atomic E-state index is 12.3. The molecule has 1 fully saturated rings. The molecule has 1 aliphatic heterocycles. The molecule has 0 aromatic heterocycles. The van der Waals surface area contributed by atoms with Crippen LogP contribution in [-0.2, 0) is 4.79 Å². The average molecular weight is 285 g/mol. The van der Waals surface area contributed by atoms with Crippen molar-refractivity contribution in [3.63, 3.8) is 0 Å². The summed E-state index contributed by atoms with van der Waals surface area (Å²) in [6, 6.07) is 7.78. The quantitative estimate of drug-likeness (QED) is 0.369. The first kappa shape index (κ1) is 14.7. The molecular formula is C15H15N3O3. The minimum absolute atomic E-state index is 0.0115. The molecule has 1 aromatic rings. The molecule has 1 amide bonds. The van der Waals surface area contributed by atoms with Crippen molar-refractivity contribution < 1.29 is 9.72 Å². The number of non-ortho nitro benzene ring substituents is 1. The number of likely N-dealkylation sites (tertiary alicyclic amines) is 1. The second kappa shape index (κ2) is 6.66. The van der Waals surface area contributed by atoms with E-state index in [9.17, 15) is 14.9 Å². The van der Waals surface area contributed by atoms with Crippen LogP contribution in [0.4, 0.5) is 5.69 Å². The van der Waals surface area contributed by atoms with E-state index in [1.807, 2.05) is 6.07 Å². The molecule has 0 N–H and O–H groups in total. The number of hydrogen-bond donors (Lipinski definition) is 0. The van der Waals surface area contributed by atoms with Gasteiger partial charge in [0, 0.05) is 25.2 Å². The Hall–Kier alpha value is -2.68. The highest BCUT2D eigenvalue weighted by Gasteiger charge is 2.20. The molecular weight excluding hydrogens is 270 g/mol. The van der Waals surface area contributed by atoms with Gasteiger partial charge in [-0.2, -0.15) is 5.26 Å². The Morgan fingerprint density at radius 2 is 2.05 bits per heavy atom. The lowest BCUT2D eigenvalue weighted by atomic mass is 10.1. The summed E-state index contributed by atoms with van der Waals surface area (Å²) in [6.07, 6.45) is 4.40. The fourth-order valence-electron chi connectivity index (χ4n) is 2.30. The van der Waals surface area contributed by atoms with E-state index in [2.05, 4.69) is 0 Å². The zero-order valence-electron chi connectivity index (χ0n) is 11.5.